The molecule has 0 heterocycles. The van der Waals surface area contributed by atoms with E-state index in [2.05, 4.69) is 5.32 Å². The van der Waals surface area contributed by atoms with Gasteiger partial charge in [0, 0.05) is 10.7 Å². The first-order valence-corrected chi connectivity index (χ1v) is 8.44. The van der Waals surface area contributed by atoms with Crippen LogP contribution in [0.2, 0.25) is 5.02 Å². The number of halogens is 1. The van der Waals surface area contributed by atoms with Gasteiger partial charge in [0.2, 0.25) is 5.91 Å². The summed E-state index contributed by atoms with van der Waals surface area (Å²) in [6, 6.07) is 15.3. The van der Waals surface area contributed by atoms with Crippen molar-refractivity contribution in [3.63, 3.8) is 0 Å². The molecule has 6 heteroatoms. The monoisotopic (exact) mass is 323 g/mol. The van der Waals surface area contributed by atoms with Crippen molar-refractivity contribution in [1.29, 1.82) is 0 Å². The van der Waals surface area contributed by atoms with Crippen LogP contribution in [0.4, 0.5) is 5.69 Å². The highest BCUT2D eigenvalue weighted by molar-refractivity contribution is 7.91. The van der Waals surface area contributed by atoms with Crippen molar-refractivity contribution in [1.82, 2.24) is 0 Å². The third-order valence-electron chi connectivity index (χ3n) is 2.69. The minimum absolute atomic E-state index is 0.156. The van der Waals surface area contributed by atoms with Gasteiger partial charge in [-0.3, -0.25) is 4.79 Å². The zero-order valence-corrected chi connectivity index (χ0v) is 12.7. The third kappa shape index (κ3) is 5.21. The highest BCUT2D eigenvalue weighted by atomic mass is 35.5. The molecular weight excluding hydrogens is 310 g/mol. The predicted octanol–water partition coefficient (Wildman–Crippen LogP) is 2.89. The highest BCUT2D eigenvalue weighted by Crippen LogP contribution is 2.15. The Bertz CT molecular complexity index is 730. The Kier molecular flexibility index (Phi) is 4.98. The number of carbonyl (C=O) groups is 1. The van der Waals surface area contributed by atoms with E-state index in [0.29, 0.717) is 16.3 Å². The SMILES string of the molecule is O=C(CS(=O)(=O)Cc1ccccc1)Nc1cccc(Cl)c1. The molecule has 0 radical (unpaired) electrons. The quantitative estimate of drug-likeness (QED) is 0.920. The molecule has 0 aliphatic rings. The Balaban J connectivity index is 1.98. The smallest absolute Gasteiger partial charge is 0.239 e. The summed E-state index contributed by atoms with van der Waals surface area (Å²) in [5, 5.41) is 2.99. The molecule has 2 rings (SSSR count). The van der Waals surface area contributed by atoms with Crippen LogP contribution in [0.5, 0.6) is 0 Å². The maximum absolute atomic E-state index is 12.0. The van der Waals surface area contributed by atoms with Gasteiger partial charge >= 0.3 is 0 Å². The minimum Gasteiger partial charge on any atom is -0.325 e. The number of sulfone groups is 1. The summed E-state index contributed by atoms with van der Waals surface area (Å²) in [6.45, 7) is 0. The molecule has 2 aromatic carbocycles. The molecule has 2 aromatic rings. The van der Waals surface area contributed by atoms with Crippen LogP contribution in [-0.4, -0.2) is 20.1 Å². The summed E-state index contributed by atoms with van der Waals surface area (Å²) < 4.78 is 24.0. The van der Waals surface area contributed by atoms with Gasteiger partial charge in [-0.1, -0.05) is 48.0 Å². The summed E-state index contributed by atoms with van der Waals surface area (Å²) in [5.74, 6) is -1.29. The Morgan fingerprint density at radius 3 is 2.43 bits per heavy atom. The average molecular weight is 324 g/mol. The van der Waals surface area contributed by atoms with Crippen molar-refractivity contribution in [3.05, 3.63) is 65.2 Å². The zero-order chi connectivity index (χ0) is 15.3. The van der Waals surface area contributed by atoms with Crippen molar-refractivity contribution in [2.75, 3.05) is 11.1 Å². The average Bonchev–Trinajstić information content (AvgIpc) is 2.38. The fourth-order valence-electron chi connectivity index (χ4n) is 1.84. The van der Waals surface area contributed by atoms with E-state index in [1.807, 2.05) is 6.07 Å². The summed E-state index contributed by atoms with van der Waals surface area (Å²) in [6.07, 6.45) is 0. The number of rotatable bonds is 5. The summed E-state index contributed by atoms with van der Waals surface area (Å²) in [4.78, 5) is 11.8. The standard InChI is InChI=1S/C15H14ClNO3S/c16-13-7-4-8-14(9-13)17-15(18)11-21(19,20)10-12-5-2-1-3-6-12/h1-9H,10-11H2,(H,17,18). The van der Waals surface area contributed by atoms with Gasteiger partial charge < -0.3 is 5.32 Å². The van der Waals surface area contributed by atoms with Crippen LogP contribution in [0.3, 0.4) is 0 Å². The zero-order valence-electron chi connectivity index (χ0n) is 11.1. The van der Waals surface area contributed by atoms with E-state index >= 15 is 0 Å². The molecule has 0 fully saturated rings. The van der Waals surface area contributed by atoms with Gasteiger partial charge in [0.05, 0.1) is 5.75 Å². The Hall–Kier alpha value is -1.85. The maximum Gasteiger partial charge on any atom is 0.239 e. The second-order valence-corrected chi connectivity index (χ2v) is 7.08. The first-order valence-electron chi connectivity index (χ1n) is 6.24. The molecule has 0 atom stereocenters. The molecule has 0 aromatic heterocycles. The van der Waals surface area contributed by atoms with Gasteiger partial charge in [0.1, 0.15) is 5.75 Å². The molecule has 0 bridgehead atoms. The topological polar surface area (TPSA) is 63.2 Å². The minimum atomic E-state index is -3.51. The number of carbonyl (C=O) groups excluding carboxylic acids is 1. The highest BCUT2D eigenvalue weighted by Gasteiger charge is 2.17. The van der Waals surface area contributed by atoms with E-state index in [9.17, 15) is 13.2 Å². The van der Waals surface area contributed by atoms with E-state index in [1.54, 1.807) is 48.5 Å². The normalized spacial score (nSPS) is 11.1. The summed E-state index contributed by atoms with van der Waals surface area (Å²) in [5.41, 5.74) is 1.13. The molecule has 4 nitrogen and oxygen atoms in total. The summed E-state index contributed by atoms with van der Waals surface area (Å²) >= 11 is 5.80. The molecule has 0 aliphatic carbocycles. The maximum atomic E-state index is 12.0. The first kappa shape index (κ1) is 15.5. The van der Waals surface area contributed by atoms with Crippen molar-refractivity contribution in [2.24, 2.45) is 0 Å². The molecule has 0 unspecified atom stereocenters. The molecule has 110 valence electrons. The van der Waals surface area contributed by atoms with Gasteiger partial charge in [0.15, 0.2) is 9.84 Å². The molecule has 0 saturated carbocycles. The molecule has 0 saturated heterocycles. The molecule has 1 amide bonds. The second-order valence-electron chi connectivity index (χ2n) is 4.58. The predicted molar refractivity (Wildman–Crippen MR) is 84.0 cm³/mol. The number of nitrogens with one attached hydrogen (secondary N) is 1. The van der Waals surface area contributed by atoms with Gasteiger partial charge in [0.25, 0.3) is 0 Å². The van der Waals surface area contributed by atoms with Crippen LogP contribution < -0.4 is 5.32 Å². The van der Waals surface area contributed by atoms with Crippen LogP contribution in [0.25, 0.3) is 0 Å². The fraction of sp³-hybridized carbons (Fsp3) is 0.133. The molecule has 1 N–H and O–H groups in total. The van der Waals surface area contributed by atoms with Crippen molar-refractivity contribution in [2.45, 2.75) is 5.75 Å². The lowest BCUT2D eigenvalue weighted by molar-refractivity contribution is -0.113. The van der Waals surface area contributed by atoms with E-state index < -0.39 is 21.5 Å². The van der Waals surface area contributed by atoms with Crippen molar-refractivity contribution in [3.8, 4) is 0 Å². The van der Waals surface area contributed by atoms with Crippen LogP contribution in [0.15, 0.2) is 54.6 Å². The van der Waals surface area contributed by atoms with E-state index in [-0.39, 0.29) is 5.75 Å². The molecular formula is C15H14ClNO3S. The third-order valence-corrected chi connectivity index (χ3v) is 4.40. The summed E-state index contributed by atoms with van der Waals surface area (Å²) in [7, 11) is -3.51. The Morgan fingerprint density at radius 2 is 1.76 bits per heavy atom. The number of anilines is 1. The molecule has 0 aliphatic heterocycles. The van der Waals surface area contributed by atoms with Crippen LogP contribution >= 0.6 is 11.6 Å². The van der Waals surface area contributed by atoms with Gasteiger partial charge in [-0.2, -0.15) is 0 Å². The lowest BCUT2D eigenvalue weighted by Crippen LogP contribution is -2.23. The van der Waals surface area contributed by atoms with Crippen LogP contribution in [-0.2, 0) is 20.4 Å². The lowest BCUT2D eigenvalue weighted by Gasteiger charge is -2.07. The van der Waals surface area contributed by atoms with Crippen molar-refractivity contribution >= 4 is 33.0 Å². The van der Waals surface area contributed by atoms with Gasteiger partial charge in [-0.25, -0.2) is 8.42 Å². The number of hydrogen-bond acceptors (Lipinski definition) is 3. The Labute approximate surface area is 128 Å². The molecule has 21 heavy (non-hydrogen) atoms. The fourth-order valence-corrected chi connectivity index (χ4v) is 3.31. The van der Waals surface area contributed by atoms with Gasteiger partial charge in [-0.15, -0.1) is 0 Å². The van der Waals surface area contributed by atoms with E-state index in [1.165, 1.54) is 0 Å². The second kappa shape index (κ2) is 6.74. The van der Waals surface area contributed by atoms with Crippen LogP contribution in [0, 0.1) is 0 Å². The van der Waals surface area contributed by atoms with Crippen LogP contribution in [0.1, 0.15) is 5.56 Å². The largest absolute Gasteiger partial charge is 0.325 e. The van der Waals surface area contributed by atoms with E-state index in [0.717, 1.165) is 0 Å². The van der Waals surface area contributed by atoms with E-state index in [4.69, 9.17) is 11.6 Å². The number of hydrogen-bond donors (Lipinski definition) is 1. The first-order chi connectivity index (χ1) is 9.94. The Morgan fingerprint density at radius 1 is 1.05 bits per heavy atom. The molecule has 0 spiro atoms. The lowest BCUT2D eigenvalue weighted by atomic mass is 10.2. The van der Waals surface area contributed by atoms with Crippen molar-refractivity contribution < 1.29 is 13.2 Å². The number of amides is 1. The number of benzene rings is 2. The van der Waals surface area contributed by atoms with Gasteiger partial charge in [-0.05, 0) is 23.8 Å².